The molecule has 4 aromatic rings. The Morgan fingerprint density at radius 1 is 1.06 bits per heavy atom. The molecular weight excluding hydrogens is 420 g/mol. The topological polar surface area (TPSA) is 74.3 Å². The quantitative estimate of drug-likeness (QED) is 0.294. The Labute approximate surface area is 188 Å². The molecule has 156 valence electrons. The zero-order valence-corrected chi connectivity index (χ0v) is 18.3. The molecule has 5 rings (SSSR count). The molecule has 0 atom stereocenters. The Morgan fingerprint density at radius 3 is 2.56 bits per heavy atom. The van der Waals surface area contributed by atoms with E-state index in [1.807, 2.05) is 36.4 Å². The maximum Gasteiger partial charge on any atom is 0.271 e. The van der Waals surface area contributed by atoms with Crippen LogP contribution >= 0.6 is 11.3 Å². The summed E-state index contributed by atoms with van der Waals surface area (Å²) in [4.78, 5) is 27.1. The average Bonchev–Trinajstić information content (AvgIpc) is 3.36. The Balaban J connectivity index is 1.53. The van der Waals surface area contributed by atoms with Crippen LogP contribution in [-0.4, -0.2) is 23.3 Å². The second-order valence-corrected chi connectivity index (χ2v) is 8.69. The molecule has 2 aromatic heterocycles. The molecule has 0 N–H and O–H groups in total. The average molecular weight is 439 g/mol. The number of rotatable bonds is 3. The van der Waals surface area contributed by atoms with Gasteiger partial charge < -0.3 is 4.42 Å². The smallest absolute Gasteiger partial charge is 0.271 e. The van der Waals surface area contributed by atoms with E-state index in [9.17, 15) is 14.9 Å². The lowest BCUT2D eigenvalue weighted by atomic mass is 9.95. The van der Waals surface area contributed by atoms with Gasteiger partial charge in [0.25, 0.3) is 11.8 Å². The van der Waals surface area contributed by atoms with Crippen molar-refractivity contribution in [1.29, 1.82) is 5.26 Å². The zero-order valence-electron chi connectivity index (χ0n) is 17.5. The van der Waals surface area contributed by atoms with Crippen molar-refractivity contribution in [2.75, 3.05) is 6.54 Å². The van der Waals surface area contributed by atoms with Gasteiger partial charge in [0.2, 0.25) is 0 Å². The first-order valence-corrected chi connectivity index (χ1v) is 11.0. The highest BCUT2D eigenvalue weighted by atomic mass is 32.1. The molecule has 0 spiro atoms. The molecule has 0 radical (unpaired) electrons. The number of imide groups is 1. The fourth-order valence-electron chi connectivity index (χ4n) is 3.97. The third-order valence-electron chi connectivity index (χ3n) is 5.69. The number of carbonyl (C=O) groups is 2. The zero-order chi connectivity index (χ0) is 22.4. The number of nitriles is 1. The number of fused-ring (bicyclic) bond motifs is 2. The highest BCUT2D eigenvalue weighted by Crippen LogP contribution is 2.36. The Kier molecular flexibility index (Phi) is 4.76. The fraction of sp³-hybridized carbons (Fsp3) is 0.115. The normalized spacial score (nSPS) is 15.9. The van der Waals surface area contributed by atoms with Crippen molar-refractivity contribution in [3.63, 3.8) is 0 Å². The molecule has 0 bridgehead atoms. The predicted octanol–water partition coefficient (Wildman–Crippen LogP) is 5.93. The maximum absolute atomic E-state index is 12.8. The second kappa shape index (κ2) is 7.63. The number of furan rings is 1. The van der Waals surface area contributed by atoms with Gasteiger partial charge in [0, 0.05) is 28.6 Å². The molecule has 0 fully saturated rings. The van der Waals surface area contributed by atoms with Crippen LogP contribution in [0.25, 0.3) is 38.5 Å². The van der Waals surface area contributed by atoms with Crippen molar-refractivity contribution in [3.05, 3.63) is 76.2 Å². The van der Waals surface area contributed by atoms with E-state index in [1.165, 1.54) is 16.7 Å². The predicted molar refractivity (Wildman–Crippen MR) is 126 cm³/mol. The largest absolute Gasteiger partial charge is 0.455 e. The van der Waals surface area contributed by atoms with Crippen LogP contribution in [0.2, 0.25) is 0 Å². The van der Waals surface area contributed by atoms with Crippen LogP contribution in [0.1, 0.15) is 18.7 Å². The molecule has 3 heterocycles. The standard InChI is InChI=1S/C26H18N2O3S/c1-3-28-25(29)20(15(2)21(14-27)26(28)30)11-19-12-23-24(32-19)13-22(31-23)18-9-8-16-6-4-5-7-17(16)10-18/h4-13H,3H2,1-2H3/b20-11-. The number of benzene rings is 2. The van der Waals surface area contributed by atoms with Crippen molar-refractivity contribution in [2.45, 2.75) is 13.8 Å². The van der Waals surface area contributed by atoms with E-state index in [0.717, 1.165) is 36.8 Å². The van der Waals surface area contributed by atoms with Crippen LogP contribution in [0.3, 0.4) is 0 Å². The molecule has 2 amide bonds. The van der Waals surface area contributed by atoms with Gasteiger partial charge in [0.05, 0.1) is 4.70 Å². The molecule has 5 nitrogen and oxygen atoms in total. The van der Waals surface area contributed by atoms with Gasteiger partial charge in [-0.25, -0.2) is 0 Å². The molecule has 0 unspecified atom stereocenters. The summed E-state index contributed by atoms with van der Waals surface area (Å²) in [6.07, 6.45) is 1.74. The first-order valence-electron chi connectivity index (χ1n) is 10.2. The number of carbonyl (C=O) groups excluding carboxylic acids is 2. The minimum absolute atomic E-state index is 0.0107. The summed E-state index contributed by atoms with van der Waals surface area (Å²) < 4.78 is 7.06. The first-order chi connectivity index (χ1) is 15.5. The van der Waals surface area contributed by atoms with Crippen molar-refractivity contribution >= 4 is 50.3 Å². The van der Waals surface area contributed by atoms with Crippen molar-refractivity contribution in [3.8, 4) is 17.4 Å². The summed E-state index contributed by atoms with van der Waals surface area (Å²) in [7, 11) is 0. The summed E-state index contributed by atoms with van der Waals surface area (Å²) in [6.45, 7) is 3.58. The molecule has 1 aliphatic rings. The Bertz CT molecular complexity index is 1500. The van der Waals surface area contributed by atoms with Gasteiger partial charge in [-0.3, -0.25) is 14.5 Å². The molecule has 32 heavy (non-hydrogen) atoms. The number of hydrogen-bond donors (Lipinski definition) is 0. The third-order valence-corrected chi connectivity index (χ3v) is 6.70. The third kappa shape index (κ3) is 3.15. The van der Waals surface area contributed by atoms with Gasteiger partial charge in [-0.15, -0.1) is 11.3 Å². The summed E-state index contributed by atoms with van der Waals surface area (Å²) in [5, 5.41) is 11.7. The molecule has 0 saturated heterocycles. The van der Waals surface area contributed by atoms with Crippen molar-refractivity contribution < 1.29 is 14.0 Å². The number of nitrogens with zero attached hydrogens (tertiary/aromatic N) is 2. The SMILES string of the molecule is CCN1C(=O)C(C#N)=C(C)/C(=C/c2cc3oc(-c4ccc5ccccc5c4)cc3s2)C1=O. The Hall–Kier alpha value is -3.95. The van der Waals surface area contributed by atoms with Gasteiger partial charge in [-0.2, -0.15) is 5.26 Å². The van der Waals surface area contributed by atoms with E-state index in [0.29, 0.717) is 11.1 Å². The van der Waals surface area contributed by atoms with Gasteiger partial charge in [0.1, 0.15) is 23.0 Å². The lowest BCUT2D eigenvalue weighted by Crippen LogP contribution is -2.42. The number of likely N-dealkylation sites (N-methyl/N-ethyl adjacent to an activating group) is 1. The summed E-state index contributed by atoms with van der Waals surface area (Å²) in [5.41, 5.74) is 2.52. The maximum atomic E-state index is 12.8. The molecule has 2 aromatic carbocycles. The molecule has 0 aliphatic carbocycles. The van der Waals surface area contributed by atoms with E-state index in [1.54, 1.807) is 19.9 Å². The van der Waals surface area contributed by atoms with Crippen LogP contribution in [0.15, 0.2) is 75.7 Å². The monoisotopic (exact) mass is 438 g/mol. The summed E-state index contributed by atoms with van der Waals surface area (Å²) >= 11 is 1.50. The Morgan fingerprint density at radius 2 is 1.84 bits per heavy atom. The first kappa shape index (κ1) is 20.0. The van der Waals surface area contributed by atoms with Gasteiger partial charge in [-0.05, 0) is 48.4 Å². The van der Waals surface area contributed by atoms with Crippen LogP contribution in [0, 0.1) is 11.3 Å². The van der Waals surface area contributed by atoms with E-state index < -0.39 is 5.91 Å². The highest BCUT2D eigenvalue weighted by Gasteiger charge is 2.34. The minimum Gasteiger partial charge on any atom is -0.455 e. The number of hydrogen-bond acceptors (Lipinski definition) is 5. The fourth-order valence-corrected chi connectivity index (χ4v) is 4.93. The number of amides is 2. The van der Waals surface area contributed by atoms with Crippen LogP contribution < -0.4 is 0 Å². The van der Waals surface area contributed by atoms with Crippen LogP contribution in [0.5, 0.6) is 0 Å². The van der Waals surface area contributed by atoms with Crippen LogP contribution in [0.4, 0.5) is 0 Å². The van der Waals surface area contributed by atoms with Crippen molar-refractivity contribution in [2.24, 2.45) is 0 Å². The van der Waals surface area contributed by atoms with E-state index in [-0.39, 0.29) is 18.0 Å². The summed E-state index contributed by atoms with van der Waals surface area (Å²) in [5.74, 6) is -0.124. The van der Waals surface area contributed by atoms with E-state index in [4.69, 9.17) is 4.42 Å². The van der Waals surface area contributed by atoms with Gasteiger partial charge in [-0.1, -0.05) is 36.4 Å². The van der Waals surface area contributed by atoms with Crippen molar-refractivity contribution in [1.82, 2.24) is 4.90 Å². The summed E-state index contributed by atoms with van der Waals surface area (Å²) in [6, 6.07) is 20.2. The molecule has 0 saturated carbocycles. The lowest BCUT2D eigenvalue weighted by Gasteiger charge is -2.26. The van der Waals surface area contributed by atoms with Crippen LogP contribution in [-0.2, 0) is 9.59 Å². The molecular formula is C26H18N2O3S. The second-order valence-electron chi connectivity index (χ2n) is 7.57. The minimum atomic E-state index is -0.533. The van der Waals surface area contributed by atoms with E-state index in [2.05, 4.69) is 24.3 Å². The highest BCUT2D eigenvalue weighted by molar-refractivity contribution is 7.19. The van der Waals surface area contributed by atoms with Gasteiger partial charge in [0.15, 0.2) is 0 Å². The molecule has 6 heteroatoms. The van der Waals surface area contributed by atoms with Gasteiger partial charge >= 0.3 is 0 Å². The van der Waals surface area contributed by atoms with E-state index >= 15 is 0 Å². The lowest BCUT2D eigenvalue weighted by molar-refractivity contribution is -0.140. The number of thiophene rings is 1. The molecule has 1 aliphatic heterocycles.